The zero-order valence-corrected chi connectivity index (χ0v) is 12.4. The molecule has 0 amide bonds. The lowest BCUT2D eigenvalue weighted by Crippen LogP contribution is -2.34. The predicted molar refractivity (Wildman–Crippen MR) is 75.2 cm³/mol. The molecule has 112 valence electrons. The van der Waals surface area contributed by atoms with Gasteiger partial charge in [0.1, 0.15) is 5.82 Å². The Bertz CT molecular complexity index is 524. The van der Waals surface area contributed by atoms with Crippen LogP contribution in [0.25, 0.3) is 0 Å². The first-order chi connectivity index (χ1) is 9.47. The van der Waals surface area contributed by atoms with Gasteiger partial charge in [0.25, 0.3) is 0 Å². The maximum atomic E-state index is 12.8. The van der Waals surface area contributed by atoms with Crippen LogP contribution in [0.3, 0.4) is 0 Å². The van der Waals surface area contributed by atoms with E-state index < -0.39 is 10.0 Å². The molecule has 1 aromatic carbocycles. The van der Waals surface area contributed by atoms with Gasteiger partial charge in [0.2, 0.25) is 10.0 Å². The maximum absolute atomic E-state index is 12.8. The molecule has 0 aliphatic carbocycles. The van der Waals surface area contributed by atoms with Gasteiger partial charge in [-0.25, -0.2) is 17.1 Å². The van der Waals surface area contributed by atoms with E-state index in [0.717, 1.165) is 12.8 Å². The standard InChI is InChI=1S/C14H20FNO3S/c1-16(10-12-6-8-19-9-7-12)20(17,18)11-13-2-4-14(15)5-3-13/h2-5,12H,6-11H2,1H3. The molecule has 0 bridgehead atoms. The number of nitrogens with zero attached hydrogens (tertiary/aromatic N) is 1. The van der Waals surface area contributed by atoms with E-state index in [2.05, 4.69) is 0 Å². The fourth-order valence-electron chi connectivity index (χ4n) is 2.31. The Kier molecular flexibility index (Phi) is 5.12. The summed E-state index contributed by atoms with van der Waals surface area (Å²) in [4.78, 5) is 0. The average Bonchev–Trinajstić information content (AvgIpc) is 2.42. The first-order valence-electron chi connectivity index (χ1n) is 6.73. The lowest BCUT2D eigenvalue weighted by Gasteiger charge is -2.26. The highest BCUT2D eigenvalue weighted by Gasteiger charge is 2.23. The zero-order chi connectivity index (χ0) is 14.6. The van der Waals surface area contributed by atoms with Crippen molar-refractivity contribution in [3.05, 3.63) is 35.6 Å². The van der Waals surface area contributed by atoms with Gasteiger partial charge in [-0.1, -0.05) is 12.1 Å². The van der Waals surface area contributed by atoms with E-state index in [-0.39, 0.29) is 11.6 Å². The molecule has 20 heavy (non-hydrogen) atoms. The Balaban J connectivity index is 1.96. The third-order valence-electron chi connectivity index (χ3n) is 3.59. The molecule has 0 unspecified atom stereocenters. The van der Waals surface area contributed by atoms with Gasteiger partial charge in [-0.3, -0.25) is 0 Å². The fraction of sp³-hybridized carbons (Fsp3) is 0.571. The summed E-state index contributed by atoms with van der Waals surface area (Å²) >= 11 is 0. The number of hydrogen-bond acceptors (Lipinski definition) is 3. The molecule has 0 radical (unpaired) electrons. The van der Waals surface area contributed by atoms with Crippen molar-refractivity contribution in [1.29, 1.82) is 0 Å². The maximum Gasteiger partial charge on any atom is 0.218 e. The molecule has 0 aromatic heterocycles. The Morgan fingerprint density at radius 2 is 1.85 bits per heavy atom. The molecule has 1 aliphatic rings. The van der Waals surface area contributed by atoms with E-state index in [4.69, 9.17) is 4.74 Å². The van der Waals surface area contributed by atoms with Crippen LogP contribution < -0.4 is 0 Å². The molecule has 6 heteroatoms. The molecule has 0 saturated carbocycles. The Morgan fingerprint density at radius 3 is 2.45 bits per heavy atom. The number of sulfonamides is 1. The molecule has 0 spiro atoms. The minimum atomic E-state index is -3.36. The largest absolute Gasteiger partial charge is 0.381 e. The first kappa shape index (κ1) is 15.4. The van der Waals surface area contributed by atoms with Gasteiger partial charge in [-0.15, -0.1) is 0 Å². The summed E-state index contributed by atoms with van der Waals surface area (Å²) in [6.45, 7) is 1.93. The summed E-state index contributed by atoms with van der Waals surface area (Å²) in [5.74, 6) is -0.0917. The van der Waals surface area contributed by atoms with Gasteiger partial charge < -0.3 is 4.74 Å². The first-order valence-corrected chi connectivity index (χ1v) is 8.34. The van der Waals surface area contributed by atoms with Crippen LogP contribution in [0.5, 0.6) is 0 Å². The van der Waals surface area contributed by atoms with Crippen molar-refractivity contribution in [2.24, 2.45) is 5.92 Å². The second kappa shape index (κ2) is 6.65. The molecule has 1 saturated heterocycles. The molecule has 1 heterocycles. The van der Waals surface area contributed by atoms with Crippen LogP contribution in [0, 0.1) is 11.7 Å². The molecule has 2 rings (SSSR count). The van der Waals surface area contributed by atoms with Crippen LogP contribution in [-0.4, -0.2) is 39.5 Å². The van der Waals surface area contributed by atoms with Crippen molar-refractivity contribution >= 4 is 10.0 Å². The fourth-order valence-corrected chi connectivity index (χ4v) is 3.58. The SMILES string of the molecule is CN(CC1CCOCC1)S(=O)(=O)Cc1ccc(F)cc1. The summed E-state index contributed by atoms with van der Waals surface area (Å²) in [5.41, 5.74) is 0.602. The van der Waals surface area contributed by atoms with Gasteiger partial charge in [0, 0.05) is 26.8 Å². The van der Waals surface area contributed by atoms with Crippen LogP contribution in [0.1, 0.15) is 18.4 Å². The monoisotopic (exact) mass is 301 g/mol. The zero-order valence-electron chi connectivity index (χ0n) is 11.6. The van der Waals surface area contributed by atoms with Crippen molar-refractivity contribution in [2.45, 2.75) is 18.6 Å². The van der Waals surface area contributed by atoms with Crippen LogP contribution >= 0.6 is 0 Å². The number of benzene rings is 1. The van der Waals surface area contributed by atoms with E-state index in [1.165, 1.54) is 28.6 Å². The molecular weight excluding hydrogens is 281 g/mol. The van der Waals surface area contributed by atoms with Crippen LogP contribution in [0.2, 0.25) is 0 Å². The van der Waals surface area contributed by atoms with E-state index in [1.54, 1.807) is 7.05 Å². The summed E-state index contributed by atoms with van der Waals surface area (Å²) in [7, 11) is -1.75. The van der Waals surface area contributed by atoms with Gasteiger partial charge in [0.05, 0.1) is 5.75 Å². The molecule has 4 nitrogen and oxygen atoms in total. The third-order valence-corrected chi connectivity index (χ3v) is 5.39. The van der Waals surface area contributed by atoms with Crippen molar-refractivity contribution < 1.29 is 17.5 Å². The van der Waals surface area contributed by atoms with Crippen LogP contribution in [0.4, 0.5) is 4.39 Å². The van der Waals surface area contributed by atoms with Gasteiger partial charge in [-0.05, 0) is 36.5 Å². The Morgan fingerprint density at radius 1 is 1.25 bits per heavy atom. The van der Waals surface area contributed by atoms with Crippen molar-refractivity contribution in [3.8, 4) is 0 Å². The molecular formula is C14H20FNO3S. The smallest absolute Gasteiger partial charge is 0.218 e. The summed E-state index contributed by atoms with van der Waals surface area (Å²) in [5, 5.41) is 0. The summed E-state index contributed by atoms with van der Waals surface area (Å²) in [6.07, 6.45) is 1.80. The number of hydrogen-bond donors (Lipinski definition) is 0. The minimum Gasteiger partial charge on any atom is -0.381 e. The van der Waals surface area contributed by atoms with E-state index in [0.29, 0.717) is 31.2 Å². The molecule has 0 atom stereocenters. The van der Waals surface area contributed by atoms with Crippen molar-refractivity contribution in [1.82, 2.24) is 4.31 Å². The Hall–Kier alpha value is -0.980. The van der Waals surface area contributed by atoms with E-state index in [9.17, 15) is 12.8 Å². The van der Waals surface area contributed by atoms with Crippen molar-refractivity contribution in [3.63, 3.8) is 0 Å². The van der Waals surface area contributed by atoms with Crippen molar-refractivity contribution in [2.75, 3.05) is 26.8 Å². The van der Waals surface area contributed by atoms with E-state index in [1.807, 2.05) is 0 Å². The Labute approximate surface area is 119 Å². The van der Waals surface area contributed by atoms with E-state index >= 15 is 0 Å². The molecule has 0 N–H and O–H groups in total. The average molecular weight is 301 g/mol. The highest BCUT2D eigenvalue weighted by molar-refractivity contribution is 7.88. The molecule has 1 aliphatic heterocycles. The summed E-state index contributed by atoms with van der Waals surface area (Å²) < 4.78 is 44.0. The topological polar surface area (TPSA) is 46.6 Å². The number of rotatable bonds is 5. The van der Waals surface area contributed by atoms with Gasteiger partial charge in [-0.2, -0.15) is 0 Å². The predicted octanol–water partition coefficient (Wildman–Crippen LogP) is 2.01. The normalized spacial score (nSPS) is 17.6. The molecule has 1 aromatic rings. The second-order valence-corrected chi connectivity index (χ2v) is 7.29. The number of halogens is 1. The lowest BCUT2D eigenvalue weighted by molar-refractivity contribution is 0.0620. The second-order valence-electron chi connectivity index (χ2n) is 5.22. The van der Waals surface area contributed by atoms with Gasteiger partial charge in [0.15, 0.2) is 0 Å². The quantitative estimate of drug-likeness (QED) is 0.836. The van der Waals surface area contributed by atoms with Crippen LogP contribution in [0.15, 0.2) is 24.3 Å². The highest BCUT2D eigenvalue weighted by Crippen LogP contribution is 2.18. The number of ether oxygens (including phenoxy) is 1. The minimum absolute atomic E-state index is 0.0903. The van der Waals surface area contributed by atoms with Gasteiger partial charge >= 0.3 is 0 Å². The third kappa shape index (κ3) is 4.26. The molecule has 1 fully saturated rings. The summed E-state index contributed by atoms with van der Waals surface area (Å²) in [6, 6.07) is 5.58. The lowest BCUT2D eigenvalue weighted by atomic mass is 10.0. The highest BCUT2D eigenvalue weighted by atomic mass is 32.2. The van der Waals surface area contributed by atoms with Crippen LogP contribution in [-0.2, 0) is 20.5 Å².